The second-order valence-electron chi connectivity index (χ2n) is 6.88. The van der Waals surface area contributed by atoms with Crippen LogP contribution in [0.1, 0.15) is 5.69 Å². The molecule has 1 aromatic heterocycles. The Kier molecular flexibility index (Phi) is 6.43. The molecule has 1 aliphatic heterocycles. The molecule has 0 unspecified atom stereocenters. The van der Waals surface area contributed by atoms with Crippen molar-refractivity contribution in [2.24, 2.45) is 0 Å². The van der Waals surface area contributed by atoms with Gasteiger partial charge >= 0.3 is 0 Å². The van der Waals surface area contributed by atoms with Crippen molar-refractivity contribution in [2.45, 2.75) is 11.4 Å². The van der Waals surface area contributed by atoms with Gasteiger partial charge in [-0.25, -0.2) is 17.8 Å². The quantitative estimate of drug-likeness (QED) is 0.522. The molecule has 1 aliphatic rings. The molecule has 5 nitrogen and oxygen atoms in total. The number of nitrogens with zero attached hydrogens (tertiary/aromatic N) is 3. The van der Waals surface area contributed by atoms with Crippen LogP contribution >= 0.6 is 34.5 Å². The minimum Gasteiger partial charge on any atom is -0.295 e. The summed E-state index contributed by atoms with van der Waals surface area (Å²) in [6, 6.07) is 10.9. The Morgan fingerprint density at radius 1 is 1.00 bits per heavy atom. The number of thiazole rings is 1. The lowest BCUT2D eigenvalue weighted by Crippen LogP contribution is -2.48. The Balaban J connectivity index is 1.40. The van der Waals surface area contributed by atoms with E-state index in [-0.39, 0.29) is 20.8 Å². The van der Waals surface area contributed by atoms with Crippen LogP contribution in [-0.2, 0) is 16.6 Å². The predicted octanol–water partition coefficient (Wildman–Crippen LogP) is 4.76. The normalized spacial score (nSPS) is 16.1. The van der Waals surface area contributed by atoms with Gasteiger partial charge in [0.25, 0.3) is 0 Å². The van der Waals surface area contributed by atoms with Gasteiger partial charge in [-0.05, 0) is 36.4 Å². The zero-order valence-corrected chi connectivity index (χ0v) is 18.9. The SMILES string of the molecule is O=S(=O)(c1c(Cl)cccc1Cl)N1CCN(Cc2csc(-c3ccc(F)cc3)n2)CC1. The fourth-order valence-electron chi connectivity index (χ4n) is 3.32. The van der Waals surface area contributed by atoms with Gasteiger partial charge in [0.2, 0.25) is 10.0 Å². The molecule has 0 saturated carbocycles. The van der Waals surface area contributed by atoms with E-state index in [1.165, 1.54) is 39.9 Å². The minimum atomic E-state index is -3.76. The second-order valence-corrected chi connectivity index (χ2v) is 10.4. The van der Waals surface area contributed by atoms with Crippen molar-refractivity contribution in [3.8, 4) is 10.6 Å². The molecular formula is C20H18Cl2FN3O2S2. The van der Waals surface area contributed by atoms with Crippen molar-refractivity contribution < 1.29 is 12.8 Å². The van der Waals surface area contributed by atoms with Gasteiger partial charge in [-0.15, -0.1) is 11.3 Å². The molecule has 2 aromatic carbocycles. The minimum absolute atomic E-state index is 0.0368. The van der Waals surface area contributed by atoms with Gasteiger partial charge in [-0.2, -0.15) is 4.31 Å². The van der Waals surface area contributed by atoms with Crippen molar-refractivity contribution >= 4 is 44.6 Å². The lowest BCUT2D eigenvalue weighted by atomic mass is 10.2. The van der Waals surface area contributed by atoms with E-state index in [0.29, 0.717) is 32.7 Å². The summed E-state index contributed by atoms with van der Waals surface area (Å²) in [5, 5.41) is 3.06. The molecule has 10 heteroatoms. The number of halogens is 3. The summed E-state index contributed by atoms with van der Waals surface area (Å²) in [5.74, 6) is -0.276. The standard InChI is InChI=1S/C20H18Cl2FN3O2S2/c21-17-2-1-3-18(22)19(17)30(27,28)26-10-8-25(9-11-26)12-16-13-29-20(24-16)14-4-6-15(23)7-5-14/h1-7,13H,8-12H2. The number of benzene rings is 2. The van der Waals surface area contributed by atoms with E-state index in [9.17, 15) is 12.8 Å². The maximum atomic E-state index is 13.1. The van der Waals surface area contributed by atoms with Crippen molar-refractivity contribution in [3.63, 3.8) is 0 Å². The fourth-order valence-corrected chi connectivity index (χ4v) is 6.65. The van der Waals surface area contributed by atoms with E-state index in [0.717, 1.165) is 16.3 Å². The molecule has 1 saturated heterocycles. The number of rotatable bonds is 5. The van der Waals surface area contributed by atoms with Gasteiger partial charge in [0.1, 0.15) is 15.7 Å². The third-order valence-electron chi connectivity index (χ3n) is 4.88. The number of hydrogen-bond donors (Lipinski definition) is 0. The maximum Gasteiger partial charge on any atom is 0.246 e. The number of aromatic nitrogens is 1. The average Bonchev–Trinajstić information content (AvgIpc) is 3.17. The van der Waals surface area contributed by atoms with Crippen LogP contribution in [0.2, 0.25) is 10.0 Å². The summed E-state index contributed by atoms with van der Waals surface area (Å²) in [7, 11) is -3.76. The Morgan fingerprint density at radius 2 is 1.63 bits per heavy atom. The van der Waals surface area contributed by atoms with Crippen LogP contribution in [0, 0.1) is 5.82 Å². The third kappa shape index (κ3) is 4.54. The van der Waals surface area contributed by atoms with Gasteiger partial charge in [0.15, 0.2) is 0 Å². The highest BCUT2D eigenvalue weighted by Crippen LogP contribution is 2.32. The Hall–Kier alpha value is -1.55. The number of piperazine rings is 1. The summed E-state index contributed by atoms with van der Waals surface area (Å²) < 4.78 is 40.5. The molecule has 2 heterocycles. The molecule has 0 aliphatic carbocycles. The van der Waals surface area contributed by atoms with Crippen LogP contribution in [0.4, 0.5) is 4.39 Å². The van der Waals surface area contributed by atoms with E-state index in [4.69, 9.17) is 23.2 Å². The van der Waals surface area contributed by atoms with Crippen LogP contribution in [0.3, 0.4) is 0 Å². The zero-order valence-electron chi connectivity index (χ0n) is 15.8. The molecule has 0 radical (unpaired) electrons. The smallest absolute Gasteiger partial charge is 0.246 e. The summed E-state index contributed by atoms with van der Waals surface area (Å²) in [6.07, 6.45) is 0. The molecule has 3 aromatic rings. The van der Waals surface area contributed by atoms with Crippen LogP contribution in [0.25, 0.3) is 10.6 Å². The van der Waals surface area contributed by atoms with Crippen LogP contribution in [-0.4, -0.2) is 48.8 Å². The summed E-state index contributed by atoms with van der Waals surface area (Å²) >= 11 is 13.7. The molecule has 1 fully saturated rings. The second kappa shape index (κ2) is 8.90. The van der Waals surface area contributed by atoms with Gasteiger partial charge in [0, 0.05) is 43.7 Å². The molecule has 158 valence electrons. The van der Waals surface area contributed by atoms with Crippen molar-refractivity contribution in [1.82, 2.24) is 14.2 Å². The average molecular weight is 486 g/mol. The molecular weight excluding hydrogens is 468 g/mol. The summed E-state index contributed by atoms with van der Waals surface area (Å²) in [5.41, 5.74) is 1.78. The van der Waals surface area contributed by atoms with E-state index in [1.807, 2.05) is 5.38 Å². The van der Waals surface area contributed by atoms with Crippen molar-refractivity contribution in [2.75, 3.05) is 26.2 Å². The van der Waals surface area contributed by atoms with Crippen LogP contribution in [0.5, 0.6) is 0 Å². The molecule has 4 rings (SSSR count). The summed E-state index contributed by atoms with van der Waals surface area (Å²) in [6.45, 7) is 2.46. The Bertz CT molecular complexity index is 1120. The number of hydrogen-bond acceptors (Lipinski definition) is 5. The monoisotopic (exact) mass is 485 g/mol. The van der Waals surface area contributed by atoms with Crippen molar-refractivity contribution in [3.05, 3.63) is 69.4 Å². The molecule has 0 amide bonds. The molecule has 0 spiro atoms. The fraction of sp³-hybridized carbons (Fsp3) is 0.250. The Morgan fingerprint density at radius 3 is 2.27 bits per heavy atom. The van der Waals surface area contributed by atoms with Gasteiger partial charge in [0.05, 0.1) is 15.7 Å². The van der Waals surface area contributed by atoms with Crippen molar-refractivity contribution in [1.29, 1.82) is 0 Å². The lowest BCUT2D eigenvalue weighted by molar-refractivity contribution is 0.180. The third-order valence-corrected chi connectivity index (χ3v) is 8.67. The lowest BCUT2D eigenvalue weighted by Gasteiger charge is -2.33. The first-order valence-electron chi connectivity index (χ1n) is 9.21. The topological polar surface area (TPSA) is 53.5 Å². The van der Waals surface area contributed by atoms with E-state index in [2.05, 4.69) is 9.88 Å². The van der Waals surface area contributed by atoms with Crippen LogP contribution in [0.15, 0.2) is 52.7 Å². The highest BCUT2D eigenvalue weighted by Gasteiger charge is 2.32. The Labute approximate surface area is 188 Å². The van der Waals surface area contributed by atoms with Gasteiger partial charge < -0.3 is 0 Å². The summed E-state index contributed by atoms with van der Waals surface area (Å²) in [4.78, 5) is 6.75. The van der Waals surface area contributed by atoms with E-state index < -0.39 is 10.0 Å². The maximum absolute atomic E-state index is 13.1. The molecule has 0 atom stereocenters. The van der Waals surface area contributed by atoms with E-state index >= 15 is 0 Å². The van der Waals surface area contributed by atoms with E-state index in [1.54, 1.807) is 18.2 Å². The predicted molar refractivity (Wildman–Crippen MR) is 118 cm³/mol. The van der Waals surface area contributed by atoms with Gasteiger partial charge in [-0.3, -0.25) is 4.90 Å². The molecule has 0 N–H and O–H groups in total. The first kappa shape index (κ1) is 21.7. The molecule has 0 bridgehead atoms. The van der Waals surface area contributed by atoms with Gasteiger partial charge in [-0.1, -0.05) is 29.3 Å². The highest BCUT2D eigenvalue weighted by atomic mass is 35.5. The highest BCUT2D eigenvalue weighted by molar-refractivity contribution is 7.89. The zero-order chi connectivity index (χ0) is 21.3. The largest absolute Gasteiger partial charge is 0.295 e. The molecule has 30 heavy (non-hydrogen) atoms. The first-order chi connectivity index (χ1) is 14.3. The first-order valence-corrected chi connectivity index (χ1v) is 12.3. The van der Waals surface area contributed by atoms with Crippen LogP contribution < -0.4 is 0 Å². The number of sulfonamides is 1.